The van der Waals surface area contributed by atoms with Crippen molar-refractivity contribution in [3.05, 3.63) is 76.8 Å². The summed E-state index contributed by atoms with van der Waals surface area (Å²) in [6, 6.07) is 9.33. The molecule has 6 rings (SSSR count). The van der Waals surface area contributed by atoms with E-state index in [1.165, 1.54) is 16.7 Å². The van der Waals surface area contributed by atoms with Crippen LogP contribution in [0.3, 0.4) is 0 Å². The Balaban J connectivity index is 1.36. The van der Waals surface area contributed by atoms with Crippen molar-refractivity contribution in [2.45, 2.75) is 32.2 Å². The highest BCUT2D eigenvalue weighted by atomic mass is 35.5. The van der Waals surface area contributed by atoms with Crippen LogP contribution in [0.4, 0.5) is 33.8 Å². The maximum absolute atomic E-state index is 14.1. The van der Waals surface area contributed by atoms with Crippen LogP contribution in [0.5, 0.6) is 11.5 Å². The third-order valence-electron chi connectivity index (χ3n) is 7.98. The van der Waals surface area contributed by atoms with Gasteiger partial charge in [0, 0.05) is 24.2 Å². The Morgan fingerprint density at radius 2 is 1.81 bits per heavy atom. The first kappa shape index (κ1) is 28.6. The molecule has 0 bridgehead atoms. The molecule has 0 spiro atoms. The van der Waals surface area contributed by atoms with Crippen molar-refractivity contribution < 1.29 is 14.3 Å². The summed E-state index contributed by atoms with van der Waals surface area (Å²) in [7, 11) is 5.38. The lowest BCUT2D eigenvalue weighted by molar-refractivity contribution is 0.252. The molecule has 1 aromatic carbocycles. The molecule has 4 aromatic rings. The number of aromatic nitrogens is 4. The Labute approximate surface area is 255 Å². The van der Waals surface area contributed by atoms with Gasteiger partial charge < -0.3 is 19.7 Å². The number of rotatable bonds is 7. The number of fused-ring (bicyclic) bond motifs is 1. The highest BCUT2D eigenvalue weighted by Crippen LogP contribution is 2.40. The second kappa shape index (κ2) is 12.0. The summed E-state index contributed by atoms with van der Waals surface area (Å²) in [5, 5.41) is 3.67. The maximum atomic E-state index is 14.1. The predicted octanol–water partition coefficient (Wildman–Crippen LogP) is 6.08. The molecule has 0 saturated carbocycles. The number of piperidine rings is 1. The molecule has 3 aromatic heterocycles. The number of carbonyl (C=O) groups excluding carboxylic acids is 1. The molecule has 2 aliphatic heterocycles. The Kier molecular flexibility index (Phi) is 8.00. The third-order valence-corrected chi connectivity index (χ3v) is 8.25. The number of anilines is 5. The molecule has 2 aliphatic rings. The SMILES string of the molecule is COc1ccc(N2C(=O)N(c3c(C)cncc3Cl)Cc3cnc(Nc4ccc(C5CCN(C)CC5)cc4OC)nc32)nc1. The van der Waals surface area contributed by atoms with Crippen LogP contribution in [0.25, 0.3) is 0 Å². The van der Waals surface area contributed by atoms with Gasteiger partial charge in [-0.25, -0.2) is 19.7 Å². The predicted molar refractivity (Wildman–Crippen MR) is 166 cm³/mol. The molecular formula is C31H33ClN8O3. The normalized spacial score (nSPS) is 15.8. The fourth-order valence-corrected chi connectivity index (χ4v) is 5.92. The van der Waals surface area contributed by atoms with Crippen molar-refractivity contribution in [2.75, 3.05) is 49.5 Å². The van der Waals surface area contributed by atoms with Gasteiger partial charge in [-0.1, -0.05) is 17.7 Å². The number of methoxy groups -OCH3 is 2. The van der Waals surface area contributed by atoms with Gasteiger partial charge in [-0.05, 0) is 81.2 Å². The summed E-state index contributed by atoms with van der Waals surface area (Å²) in [5.74, 6) is 2.89. The zero-order valence-corrected chi connectivity index (χ0v) is 25.3. The van der Waals surface area contributed by atoms with Crippen molar-refractivity contribution in [1.82, 2.24) is 24.8 Å². The lowest BCUT2D eigenvalue weighted by atomic mass is 9.89. The van der Waals surface area contributed by atoms with Gasteiger partial charge in [-0.3, -0.25) is 9.88 Å². The summed E-state index contributed by atoms with van der Waals surface area (Å²) in [6.45, 7) is 4.25. The Bertz CT molecular complexity index is 1620. The minimum Gasteiger partial charge on any atom is -0.495 e. The fraction of sp³-hybridized carbons (Fsp3) is 0.323. The number of likely N-dealkylation sites (tertiary alicyclic amines) is 1. The second-order valence-electron chi connectivity index (χ2n) is 10.8. The number of benzene rings is 1. The first-order valence-electron chi connectivity index (χ1n) is 14.1. The standard InChI is InChI=1S/C31H33ClN8O3/c1-19-14-33-17-24(32)28(19)39-18-22-15-35-30(37-29(22)40(31(39)41)27-8-6-23(42-3)16-34-27)36-25-7-5-21(13-26(25)43-4)20-9-11-38(2)12-10-20/h5-8,13-17,20H,9-12,18H2,1-4H3,(H,35,36,37). The summed E-state index contributed by atoms with van der Waals surface area (Å²) in [5.41, 5.74) is 4.05. The molecule has 1 fully saturated rings. The minimum atomic E-state index is -0.355. The molecule has 0 atom stereocenters. The Morgan fingerprint density at radius 3 is 2.51 bits per heavy atom. The minimum absolute atomic E-state index is 0.222. The average Bonchev–Trinajstić information content (AvgIpc) is 3.02. The van der Waals surface area contributed by atoms with E-state index in [1.54, 1.807) is 49.8 Å². The van der Waals surface area contributed by atoms with Crippen molar-refractivity contribution in [3.63, 3.8) is 0 Å². The molecule has 222 valence electrons. The van der Waals surface area contributed by atoms with Gasteiger partial charge in [0.25, 0.3) is 0 Å². The molecule has 0 unspecified atom stereocenters. The van der Waals surface area contributed by atoms with Crippen LogP contribution in [-0.4, -0.2) is 65.2 Å². The monoisotopic (exact) mass is 600 g/mol. The second-order valence-corrected chi connectivity index (χ2v) is 11.2. The van der Waals surface area contributed by atoms with Crippen LogP contribution in [-0.2, 0) is 6.54 Å². The lowest BCUT2D eigenvalue weighted by Crippen LogP contribution is -2.46. The quantitative estimate of drug-likeness (QED) is 0.270. The molecule has 0 aliphatic carbocycles. The van der Waals surface area contributed by atoms with Crippen molar-refractivity contribution >= 4 is 46.6 Å². The number of amides is 2. The van der Waals surface area contributed by atoms with Gasteiger partial charge in [0.05, 0.1) is 43.4 Å². The summed E-state index contributed by atoms with van der Waals surface area (Å²) < 4.78 is 11.0. The zero-order chi connectivity index (χ0) is 30.1. The number of halogens is 1. The van der Waals surface area contributed by atoms with Crippen LogP contribution in [0, 0.1) is 6.92 Å². The first-order chi connectivity index (χ1) is 20.9. The number of ether oxygens (including phenoxy) is 2. The molecule has 2 amide bonds. The van der Waals surface area contributed by atoms with Gasteiger partial charge in [0.15, 0.2) is 5.82 Å². The van der Waals surface area contributed by atoms with Crippen LogP contribution >= 0.6 is 11.6 Å². The molecule has 1 saturated heterocycles. The summed E-state index contributed by atoms with van der Waals surface area (Å²) >= 11 is 6.54. The molecule has 5 heterocycles. The largest absolute Gasteiger partial charge is 0.495 e. The number of pyridine rings is 2. The van der Waals surface area contributed by atoms with E-state index < -0.39 is 0 Å². The molecular weight excluding hydrogens is 568 g/mol. The number of urea groups is 1. The van der Waals surface area contributed by atoms with Crippen molar-refractivity contribution in [3.8, 4) is 11.5 Å². The number of hydrogen-bond donors (Lipinski definition) is 1. The summed E-state index contributed by atoms with van der Waals surface area (Å²) in [4.78, 5) is 37.6. The highest BCUT2D eigenvalue weighted by molar-refractivity contribution is 6.34. The van der Waals surface area contributed by atoms with Gasteiger partial charge >= 0.3 is 6.03 Å². The van der Waals surface area contributed by atoms with E-state index in [4.69, 9.17) is 26.1 Å². The zero-order valence-electron chi connectivity index (χ0n) is 24.5. The average molecular weight is 601 g/mol. The molecule has 0 radical (unpaired) electrons. The number of hydrogen-bond acceptors (Lipinski definition) is 9. The topological polar surface area (TPSA) is 109 Å². The van der Waals surface area contributed by atoms with E-state index in [0.29, 0.717) is 45.7 Å². The molecule has 43 heavy (non-hydrogen) atoms. The van der Waals surface area contributed by atoms with Crippen LogP contribution in [0.15, 0.2) is 55.1 Å². The number of carbonyl (C=O) groups is 1. The maximum Gasteiger partial charge on any atom is 0.336 e. The van der Waals surface area contributed by atoms with Crippen molar-refractivity contribution in [2.24, 2.45) is 0 Å². The van der Waals surface area contributed by atoms with E-state index >= 15 is 0 Å². The van der Waals surface area contributed by atoms with Gasteiger partial charge in [0.1, 0.15) is 17.3 Å². The smallest absolute Gasteiger partial charge is 0.336 e. The first-order valence-corrected chi connectivity index (χ1v) is 14.4. The van der Waals surface area contributed by atoms with E-state index in [9.17, 15) is 4.79 Å². The lowest BCUT2D eigenvalue weighted by Gasteiger charge is -2.36. The van der Waals surface area contributed by atoms with E-state index in [0.717, 1.165) is 42.7 Å². The van der Waals surface area contributed by atoms with E-state index in [2.05, 4.69) is 44.3 Å². The molecule has 1 N–H and O–H groups in total. The van der Waals surface area contributed by atoms with Gasteiger partial charge in [-0.2, -0.15) is 4.98 Å². The van der Waals surface area contributed by atoms with Crippen LogP contribution < -0.4 is 24.6 Å². The molecule has 12 heteroatoms. The number of nitrogens with zero attached hydrogens (tertiary/aromatic N) is 7. The van der Waals surface area contributed by atoms with Gasteiger partial charge in [-0.15, -0.1) is 0 Å². The van der Waals surface area contributed by atoms with Crippen LogP contribution in [0.2, 0.25) is 5.02 Å². The fourth-order valence-electron chi connectivity index (χ4n) is 5.61. The third kappa shape index (κ3) is 5.65. The summed E-state index contributed by atoms with van der Waals surface area (Å²) in [6.07, 6.45) is 8.70. The number of aryl methyl sites for hydroxylation is 1. The van der Waals surface area contributed by atoms with Crippen molar-refractivity contribution in [1.29, 1.82) is 0 Å². The highest BCUT2D eigenvalue weighted by Gasteiger charge is 2.36. The molecule has 11 nitrogen and oxygen atoms in total. The van der Waals surface area contributed by atoms with Crippen LogP contribution in [0.1, 0.15) is 35.4 Å². The van der Waals surface area contributed by atoms with E-state index in [-0.39, 0.29) is 12.6 Å². The van der Waals surface area contributed by atoms with E-state index in [1.807, 2.05) is 13.0 Å². The Hall–Kier alpha value is -4.48. The Morgan fingerprint density at radius 1 is 1.00 bits per heavy atom. The number of nitrogens with one attached hydrogen (secondary N) is 1. The van der Waals surface area contributed by atoms with Gasteiger partial charge in [0.2, 0.25) is 5.95 Å².